The van der Waals surface area contributed by atoms with Crippen molar-refractivity contribution in [3.63, 3.8) is 0 Å². The molecule has 0 saturated heterocycles. The van der Waals surface area contributed by atoms with Crippen LogP contribution in [0.5, 0.6) is 0 Å². The molecule has 110 valence electrons. The largest absolute Gasteiger partial charge is 0.396 e. The van der Waals surface area contributed by atoms with Gasteiger partial charge in [0.2, 0.25) is 0 Å². The summed E-state index contributed by atoms with van der Waals surface area (Å²) in [6.07, 6.45) is 0. The first kappa shape index (κ1) is 14.9. The second kappa shape index (κ2) is 6.32. The Hall–Kier alpha value is -2.47. The minimum absolute atomic E-state index is 0.0770. The number of halogens is 2. The van der Waals surface area contributed by atoms with Crippen molar-refractivity contribution >= 4 is 11.6 Å². The quantitative estimate of drug-likeness (QED) is 0.754. The number of aliphatic hydroxyl groups excluding tert-OH is 1. The highest BCUT2D eigenvalue weighted by Gasteiger charge is 2.19. The van der Waals surface area contributed by atoms with Crippen LogP contribution in [0.25, 0.3) is 0 Å². The number of nitrogens with two attached hydrogens (primary N) is 1. The zero-order valence-corrected chi connectivity index (χ0v) is 11.1. The first-order valence-corrected chi connectivity index (χ1v) is 6.23. The standard InChI is InChI=1S/C15H14F2N2O2/c16-11-5-6-12(18)14(17)13(11)15(21)19-7-9-1-3-10(8-20)4-2-9/h1-6,20H,7-8,18H2,(H,19,21). The zero-order chi connectivity index (χ0) is 15.4. The second-order valence-electron chi connectivity index (χ2n) is 4.48. The number of anilines is 1. The molecule has 0 heterocycles. The van der Waals surface area contributed by atoms with Crippen molar-refractivity contribution in [2.75, 3.05) is 5.73 Å². The molecule has 21 heavy (non-hydrogen) atoms. The van der Waals surface area contributed by atoms with Crippen molar-refractivity contribution in [2.24, 2.45) is 0 Å². The molecule has 4 N–H and O–H groups in total. The summed E-state index contributed by atoms with van der Waals surface area (Å²) in [5.41, 5.74) is 5.82. The van der Waals surface area contributed by atoms with E-state index in [1.807, 2.05) is 0 Å². The molecule has 4 nitrogen and oxygen atoms in total. The van der Waals surface area contributed by atoms with Gasteiger partial charge < -0.3 is 16.2 Å². The van der Waals surface area contributed by atoms with Crippen LogP contribution in [-0.4, -0.2) is 11.0 Å². The van der Waals surface area contributed by atoms with Crippen molar-refractivity contribution in [3.8, 4) is 0 Å². The van der Waals surface area contributed by atoms with E-state index in [-0.39, 0.29) is 18.8 Å². The number of carbonyl (C=O) groups is 1. The molecule has 2 aromatic carbocycles. The monoisotopic (exact) mass is 292 g/mol. The Bertz CT molecular complexity index is 657. The summed E-state index contributed by atoms with van der Waals surface area (Å²) in [7, 11) is 0. The average Bonchev–Trinajstić information content (AvgIpc) is 2.50. The topological polar surface area (TPSA) is 75.4 Å². The van der Waals surface area contributed by atoms with Crippen LogP contribution in [0.3, 0.4) is 0 Å². The van der Waals surface area contributed by atoms with Crippen molar-refractivity contribution in [3.05, 3.63) is 64.7 Å². The lowest BCUT2D eigenvalue weighted by Crippen LogP contribution is -2.25. The summed E-state index contributed by atoms with van der Waals surface area (Å²) in [6.45, 7) is 0.0323. The normalized spacial score (nSPS) is 10.4. The molecule has 0 fully saturated rings. The average molecular weight is 292 g/mol. The Labute approximate surface area is 120 Å². The zero-order valence-electron chi connectivity index (χ0n) is 11.1. The minimum Gasteiger partial charge on any atom is -0.396 e. The van der Waals surface area contributed by atoms with Gasteiger partial charge in [-0.25, -0.2) is 8.78 Å². The smallest absolute Gasteiger partial charge is 0.257 e. The first-order valence-electron chi connectivity index (χ1n) is 6.23. The molecule has 0 aromatic heterocycles. The molecule has 0 spiro atoms. The van der Waals surface area contributed by atoms with Crippen LogP contribution in [-0.2, 0) is 13.2 Å². The van der Waals surface area contributed by atoms with Crippen LogP contribution in [0, 0.1) is 11.6 Å². The SMILES string of the molecule is Nc1ccc(F)c(C(=O)NCc2ccc(CO)cc2)c1F. The summed E-state index contributed by atoms with van der Waals surface area (Å²) >= 11 is 0. The predicted molar refractivity (Wildman–Crippen MR) is 74.3 cm³/mol. The number of benzene rings is 2. The molecule has 2 aromatic rings. The predicted octanol–water partition coefficient (Wildman–Crippen LogP) is 1.97. The molecule has 0 saturated carbocycles. The highest BCUT2D eigenvalue weighted by Crippen LogP contribution is 2.18. The van der Waals surface area contributed by atoms with E-state index in [2.05, 4.69) is 5.32 Å². The second-order valence-corrected chi connectivity index (χ2v) is 4.48. The van der Waals surface area contributed by atoms with Gasteiger partial charge in [0.15, 0.2) is 5.82 Å². The summed E-state index contributed by atoms with van der Waals surface area (Å²) in [4.78, 5) is 11.8. The van der Waals surface area contributed by atoms with Gasteiger partial charge in [0.25, 0.3) is 5.91 Å². The highest BCUT2D eigenvalue weighted by molar-refractivity contribution is 5.95. The molecule has 0 unspecified atom stereocenters. The van der Waals surface area contributed by atoms with E-state index in [1.165, 1.54) is 0 Å². The van der Waals surface area contributed by atoms with Crippen LogP contribution in [0.4, 0.5) is 14.5 Å². The summed E-state index contributed by atoms with van der Waals surface area (Å²) in [6, 6.07) is 8.82. The van der Waals surface area contributed by atoms with Gasteiger partial charge in [0, 0.05) is 6.54 Å². The lowest BCUT2D eigenvalue weighted by atomic mass is 10.1. The molecule has 0 aliphatic carbocycles. The molecule has 6 heteroatoms. The fourth-order valence-electron chi connectivity index (χ4n) is 1.81. The third kappa shape index (κ3) is 3.35. The number of amides is 1. The summed E-state index contributed by atoms with van der Waals surface area (Å²) in [5, 5.41) is 11.3. The van der Waals surface area contributed by atoms with Crippen molar-refractivity contribution in [1.29, 1.82) is 0 Å². The number of rotatable bonds is 4. The lowest BCUT2D eigenvalue weighted by molar-refractivity contribution is 0.0942. The summed E-state index contributed by atoms with van der Waals surface area (Å²) < 4.78 is 27.2. The Morgan fingerprint density at radius 3 is 2.33 bits per heavy atom. The van der Waals surface area contributed by atoms with E-state index in [4.69, 9.17) is 10.8 Å². The fraction of sp³-hybridized carbons (Fsp3) is 0.133. The van der Waals surface area contributed by atoms with Crippen LogP contribution >= 0.6 is 0 Å². The van der Waals surface area contributed by atoms with Crippen LogP contribution < -0.4 is 11.1 Å². The van der Waals surface area contributed by atoms with Gasteiger partial charge >= 0.3 is 0 Å². The third-order valence-electron chi connectivity index (χ3n) is 3.01. The van der Waals surface area contributed by atoms with Crippen molar-refractivity contribution in [1.82, 2.24) is 5.32 Å². The molecule has 0 aliphatic rings. The Kier molecular flexibility index (Phi) is 4.49. The van der Waals surface area contributed by atoms with Gasteiger partial charge in [-0.15, -0.1) is 0 Å². The van der Waals surface area contributed by atoms with Gasteiger partial charge in [-0.3, -0.25) is 4.79 Å². The maximum Gasteiger partial charge on any atom is 0.257 e. The molecule has 0 bridgehead atoms. The van der Waals surface area contributed by atoms with Crippen LogP contribution in [0.2, 0.25) is 0 Å². The van der Waals surface area contributed by atoms with E-state index in [1.54, 1.807) is 24.3 Å². The molecular formula is C15H14F2N2O2. The summed E-state index contributed by atoms with van der Waals surface area (Å²) in [5.74, 6) is -2.90. The third-order valence-corrected chi connectivity index (χ3v) is 3.01. The fourth-order valence-corrected chi connectivity index (χ4v) is 1.81. The minimum atomic E-state index is -1.07. The maximum absolute atomic E-state index is 13.7. The van der Waals surface area contributed by atoms with Gasteiger partial charge in [-0.2, -0.15) is 0 Å². The van der Waals surface area contributed by atoms with E-state index >= 15 is 0 Å². The number of nitrogen functional groups attached to an aromatic ring is 1. The van der Waals surface area contributed by atoms with E-state index < -0.39 is 23.1 Å². The molecule has 2 rings (SSSR count). The van der Waals surface area contributed by atoms with Crippen LogP contribution in [0.1, 0.15) is 21.5 Å². The molecule has 1 amide bonds. The molecule has 0 radical (unpaired) electrons. The molecule has 0 aliphatic heterocycles. The number of aliphatic hydroxyl groups is 1. The van der Waals surface area contributed by atoms with Crippen molar-refractivity contribution in [2.45, 2.75) is 13.2 Å². The Balaban J connectivity index is 2.10. The maximum atomic E-state index is 13.7. The first-order chi connectivity index (χ1) is 10.0. The van der Waals surface area contributed by atoms with Gasteiger partial charge in [-0.05, 0) is 23.3 Å². The van der Waals surface area contributed by atoms with Gasteiger partial charge in [-0.1, -0.05) is 24.3 Å². The van der Waals surface area contributed by atoms with E-state index in [0.717, 1.165) is 23.3 Å². The van der Waals surface area contributed by atoms with E-state index in [0.29, 0.717) is 0 Å². The van der Waals surface area contributed by atoms with Gasteiger partial charge in [0.05, 0.1) is 12.3 Å². The lowest BCUT2D eigenvalue weighted by Gasteiger charge is -2.09. The number of carbonyl (C=O) groups excluding carboxylic acids is 1. The number of hydrogen-bond acceptors (Lipinski definition) is 3. The Morgan fingerprint density at radius 2 is 1.71 bits per heavy atom. The molecular weight excluding hydrogens is 278 g/mol. The van der Waals surface area contributed by atoms with Crippen molar-refractivity contribution < 1.29 is 18.7 Å². The number of nitrogens with one attached hydrogen (secondary N) is 1. The Morgan fingerprint density at radius 1 is 1.10 bits per heavy atom. The molecule has 0 atom stereocenters. The van der Waals surface area contributed by atoms with Crippen LogP contribution in [0.15, 0.2) is 36.4 Å². The van der Waals surface area contributed by atoms with E-state index in [9.17, 15) is 13.6 Å². The van der Waals surface area contributed by atoms with Gasteiger partial charge in [0.1, 0.15) is 11.4 Å². The number of hydrogen-bond donors (Lipinski definition) is 3. The highest BCUT2D eigenvalue weighted by atomic mass is 19.1.